The maximum atomic E-state index is 12.4. The molecule has 1 unspecified atom stereocenters. The lowest BCUT2D eigenvalue weighted by Crippen LogP contribution is -2.41. The number of anilines is 1. The van der Waals surface area contributed by atoms with Gasteiger partial charge in [-0.15, -0.1) is 11.3 Å². The van der Waals surface area contributed by atoms with E-state index in [1.54, 1.807) is 23.7 Å². The second kappa shape index (κ2) is 3.36. The van der Waals surface area contributed by atoms with Gasteiger partial charge < -0.3 is 9.80 Å². The van der Waals surface area contributed by atoms with Gasteiger partial charge in [-0.25, -0.2) is 0 Å². The van der Waals surface area contributed by atoms with Crippen molar-refractivity contribution in [2.75, 3.05) is 18.5 Å². The fraction of sp³-hybridized carbons (Fsp3) is 0.286. The Bertz CT molecular complexity index is 681. The van der Waals surface area contributed by atoms with Crippen molar-refractivity contribution in [1.29, 1.82) is 0 Å². The molecule has 1 fully saturated rings. The standard InChI is InChI=1S/C14H13N3OS/c1-14-8-17(14)13(18)12-10(16(14)2)7-11(19-12)9-3-5-15-6-4-9/h3-7H,8H2,1-2H3. The molecule has 0 aliphatic carbocycles. The SMILES string of the molecule is CN1c2cc(-c3ccncc3)sc2C(=O)N2CC21C. The van der Waals surface area contributed by atoms with Gasteiger partial charge in [0.2, 0.25) is 0 Å². The van der Waals surface area contributed by atoms with Gasteiger partial charge in [-0.3, -0.25) is 9.78 Å². The van der Waals surface area contributed by atoms with E-state index in [1.807, 2.05) is 17.0 Å². The third kappa shape index (κ3) is 1.33. The van der Waals surface area contributed by atoms with Gasteiger partial charge in [0.05, 0.1) is 12.2 Å². The highest BCUT2D eigenvalue weighted by Crippen LogP contribution is 2.49. The van der Waals surface area contributed by atoms with Crippen LogP contribution in [-0.4, -0.2) is 35.0 Å². The topological polar surface area (TPSA) is 36.2 Å². The molecule has 0 bridgehead atoms. The van der Waals surface area contributed by atoms with Crippen LogP contribution in [0.3, 0.4) is 0 Å². The predicted octanol–water partition coefficient (Wildman–Crippen LogP) is 2.43. The van der Waals surface area contributed by atoms with Gasteiger partial charge in [0.15, 0.2) is 0 Å². The molecule has 1 saturated heterocycles. The molecule has 4 heterocycles. The molecule has 0 N–H and O–H groups in total. The number of nitrogens with zero attached hydrogens (tertiary/aromatic N) is 3. The van der Waals surface area contributed by atoms with Crippen LogP contribution in [0.1, 0.15) is 16.6 Å². The third-order valence-corrected chi connectivity index (χ3v) is 5.30. The summed E-state index contributed by atoms with van der Waals surface area (Å²) in [6.07, 6.45) is 3.56. The fourth-order valence-corrected chi connectivity index (χ4v) is 3.81. The van der Waals surface area contributed by atoms with Gasteiger partial charge in [0, 0.05) is 24.3 Å². The van der Waals surface area contributed by atoms with Crippen molar-refractivity contribution in [1.82, 2.24) is 9.88 Å². The van der Waals surface area contributed by atoms with Crippen molar-refractivity contribution < 1.29 is 4.79 Å². The number of aromatic nitrogens is 1. The first-order chi connectivity index (χ1) is 9.11. The van der Waals surface area contributed by atoms with Crippen molar-refractivity contribution in [3.8, 4) is 10.4 Å². The van der Waals surface area contributed by atoms with Gasteiger partial charge in [0.1, 0.15) is 10.5 Å². The van der Waals surface area contributed by atoms with Crippen molar-refractivity contribution in [3.05, 3.63) is 35.5 Å². The number of rotatable bonds is 1. The summed E-state index contributed by atoms with van der Waals surface area (Å²) < 4.78 is 0. The minimum Gasteiger partial charge on any atom is -0.349 e. The fourth-order valence-electron chi connectivity index (χ4n) is 2.67. The summed E-state index contributed by atoms with van der Waals surface area (Å²) in [6, 6.07) is 6.07. The van der Waals surface area contributed by atoms with Gasteiger partial charge in [0.25, 0.3) is 5.91 Å². The van der Waals surface area contributed by atoms with Gasteiger partial charge in [-0.05, 0) is 30.7 Å². The maximum Gasteiger partial charge on any atom is 0.268 e. The van der Waals surface area contributed by atoms with E-state index in [4.69, 9.17) is 0 Å². The molecule has 96 valence electrons. The molecule has 4 rings (SSSR count). The highest BCUT2D eigenvalue weighted by molar-refractivity contribution is 7.18. The molecule has 5 heteroatoms. The summed E-state index contributed by atoms with van der Waals surface area (Å²) in [6.45, 7) is 2.94. The largest absolute Gasteiger partial charge is 0.349 e. The molecule has 0 radical (unpaired) electrons. The molecule has 1 amide bonds. The van der Waals surface area contributed by atoms with Crippen LogP contribution in [0.4, 0.5) is 5.69 Å². The van der Waals surface area contributed by atoms with Crippen LogP contribution in [-0.2, 0) is 0 Å². The predicted molar refractivity (Wildman–Crippen MR) is 75.4 cm³/mol. The second-order valence-corrected chi connectivity index (χ2v) is 6.28. The zero-order chi connectivity index (χ0) is 13.2. The number of hydrogen-bond donors (Lipinski definition) is 0. The van der Waals surface area contributed by atoms with Gasteiger partial charge in [-0.2, -0.15) is 0 Å². The molecule has 0 saturated carbocycles. The first-order valence-electron chi connectivity index (χ1n) is 6.21. The Morgan fingerprint density at radius 3 is 2.84 bits per heavy atom. The molecule has 0 spiro atoms. The number of carbonyl (C=O) groups excluding carboxylic acids is 1. The molecule has 1 atom stereocenters. The van der Waals surface area contributed by atoms with E-state index in [2.05, 4.69) is 29.9 Å². The van der Waals surface area contributed by atoms with E-state index in [0.29, 0.717) is 0 Å². The Labute approximate surface area is 115 Å². The van der Waals surface area contributed by atoms with E-state index in [1.165, 1.54) is 0 Å². The zero-order valence-electron chi connectivity index (χ0n) is 10.8. The molecular weight excluding hydrogens is 258 g/mol. The van der Waals surface area contributed by atoms with E-state index >= 15 is 0 Å². The first-order valence-corrected chi connectivity index (χ1v) is 7.03. The van der Waals surface area contributed by atoms with Crippen LogP contribution < -0.4 is 4.90 Å². The number of likely N-dealkylation sites (N-methyl/N-ethyl adjacent to an activating group) is 1. The van der Waals surface area contributed by atoms with E-state index in [-0.39, 0.29) is 11.6 Å². The Hall–Kier alpha value is -1.88. The lowest BCUT2D eigenvalue weighted by molar-refractivity contribution is 0.0853. The molecule has 4 nitrogen and oxygen atoms in total. The second-order valence-electron chi connectivity index (χ2n) is 5.23. The summed E-state index contributed by atoms with van der Waals surface area (Å²) in [5.74, 6) is 0.168. The van der Waals surface area contributed by atoms with E-state index in [9.17, 15) is 4.79 Å². The molecule has 2 aromatic heterocycles. The van der Waals surface area contributed by atoms with Crippen LogP contribution in [0.2, 0.25) is 0 Å². The van der Waals surface area contributed by atoms with E-state index < -0.39 is 0 Å². The Morgan fingerprint density at radius 2 is 2.11 bits per heavy atom. The van der Waals surface area contributed by atoms with Crippen molar-refractivity contribution in [2.45, 2.75) is 12.6 Å². The zero-order valence-corrected chi connectivity index (χ0v) is 11.6. The number of thiophene rings is 1. The van der Waals surface area contributed by atoms with Gasteiger partial charge in [-0.1, -0.05) is 0 Å². The number of carbonyl (C=O) groups is 1. The number of fused-ring (bicyclic) bond motifs is 2. The minimum atomic E-state index is -0.110. The summed E-state index contributed by atoms with van der Waals surface area (Å²) in [4.78, 5) is 22.5. The molecule has 0 aromatic carbocycles. The summed E-state index contributed by atoms with van der Waals surface area (Å²) in [5.41, 5.74) is 2.06. The van der Waals surface area contributed by atoms with Crippen LogP contribution >= 0.6 is 11.3 Å². The number of hydrogen-bond acceptors (Lipinski definition) is 4. The Morgan fingerprint density at radius 1 is 1.37 bits per heavy atom. The molecular formula is C14H13N3OS. The molecule has 2 aliphatic rings. The molecule has 2 aromatic rings. The lowest BCUT2D eigenvalue weighted by Gasteiger charge is -2.31. The summed E-state index contributed by atoms with van der Waals surface area (Å²) >= 11 is 1.57. The highest BCUT2D eigenvalue weighted by Gasteiger charge is 2.58. The summed E-state index contributed by atoms with van der Waals surface area (Å²) in [5, 5.41) is 0. The average molecular weight is 271 g/mol. The van der Waals surface area contributed by atoms with Crippen molar-refractivity contribution >= 4 is 22.9 Å². The monoisotopic (exact) mass is 271 g/mol. The molecule has 19 heavy (non-hydrogen) atoms. The van der Waals surface area contributed by atoms with Crippen molar-refractivity contribution in [2.24, 2.45) is 0 Å². The molecule has 2 aliphatic heterocycles. The number of amides is 1. The van der Waals surface area contributed by atoms with Crippen LogP contribution in [0.15, 0.2) is 30.6 Å². The number of pyridine rings is 1. The highest BCUT2D eigenvalue weighted by atomic mass is 32.1. The Kier molecular flexibility index (Phi) is 1.94. The van der Waals surface area contributed by atoms with Crippen molar-refractivity contribution in [3.63, 3.8) is 0 Å². The van der Waals surface area contributed by atoms with Crippen LogP contribution in [0.5, 0.6) is 0 Å². The smallest absolute Gasteiger partial charge is 0.268 e. The van der Waals surface area contributed by atoms with Gasteiger partial charge >= 0.3 is 0 Å². The quantitative estimate of drug-likeness (QED) is 0.747. The maximum absolute atomic E-state index is 12.4. The lowest BCUT2D eigenvalue weighted by atomic mass is 10.2. The van der Waals surface area contributed by atoms with Crippen LogP contribution in [0.25, 0.3) is 10.4 Å². The van der Waals surface area contributed by atoms with E-state index in [0.717, 1.165) is 27.5 Å². The minimum absolute atomic E-state index is 0.110. The summed E-state index contributed by atoms with van der Waals surface area (Å²) in [7, 11) is 2.06. The first kappa shape index (κ1) is 11.0. The normalized spacial score (nSPS) is 24.2. The Balaban J connectivity index is 1.85. The average Bonchev–Trinajstić information content (AvgIpc) is 2.96. The third-order valence-electron chi connectivity index (χ3n) is 4.14. The van der Waals surface area contributed by atoms with Crippen LogP contribution in [0, 0.1) is 0 Å².